The van der Waals surface area contributed by atoms with E-state index in [1.165, 1.54) is 0 Å². The van der Waals surface area contributed by atoms with Crippen molar-refractivity contribution in [3.05, 3.63) is 181 Å². The first-order valence-electron chi connectivity index (χ1n) is 29.4. The van der Waals surface area contributed by atoms with Crippen molar-refractivity contribution in [3.8, 4) is 44.5 Å². The van der Waals surface area contributed by atoms with Crippen molar-refractivity contribution in [2.45, 2.75) is 0 Å². The second-order valence-electron chi connectivity index (χ2n) is 10.5. The normalized spacial score (nSPS) is 20.2. The van der Waals surface area contributed by atoms with Crippen LogP contribution in [0.15, 0.2) is 186 Å². The number of furan rings is 1. The summed E-state index contributed by atoms with van der Waals surface area (Å²) in [6, 6.07) is -28.9. The van der Waals surface area contributed by atoms with E-state index in [4.69, 9.17) is 27.7 Å². The Morgan fingerprint density at radius 2 is 0.755 bits per heavy atom. The third-order valence-corrected chi connectivity index (χ3v) is 7.89. The van der Waals surface area contributed by atoms with Crippen molar-refractivity contribution in [3.63, 3.8) is 0 Å². The highest BCUT2D eigenvalue weighted by Gasteiger charge is 2.20. The molecule has 0 saturated carbocycles. The molecule has 0 spiro atoms. The van der Waals surface area contributed by atoms with Gasteiger partial charge < -0.3 is 4.42 Å². The molecule has 9 aromatic carbocycles. The maximum Gasteiger partial charge on any atom is 0.136 e. The third kappa shape index (κ3) is 4.40. The molecule has 0 radical (unpaired) electrons. The van der Waals surface area contributed by atoms with Crippen molar-refractivity contribution in [2.24, 2.45) is 0 Å². The molecule has 1 aromatic heterocycles. The van der Waals surface area contributed by atoms with Crippen LogP contribution in [0, 0.1) is 0 Å². The molecule has 1 heterocycles. The molecule has 1 nitrogen and oxygen atoms in total. The molecule has 0 saturated heterocycles. The van der Waals surface area contributed by atoms with Crippen LogP contribution in [-0.4, -0.2) is 0 Å². The van der Waals surface area contributed by atoms with Gasteiger partial charge in [0.25, 0.3) is 0 Å². The van der Waals surface area contributed by atoms with Crippen LogP contribution in [0.1, 0.15) is 41.1 Å². The Morgan fingerprint density at radius 1 is 0.306 bits per heavy atom. The number of benzene rings is 9. The fourth-order valence-corrected chi connectivity index (χ4v) is 5.80. The summed E-state index contributed by atoms with van der Waals surface area (Å²) < 4.78 is 275. The summed E-state index contributed by atoms with van der Waals surface area (Å²) in [5, 5.41) is -5.19. The van der Waals surface area contributed by atoms with E-state index in [9.17, 15) is 17.8 Å². The molecule has 0 aliphatic heterocycles. The summed E-state index contributed by atoms with van der Waals surface area (Å²) in [5.74, 6) is 0. The third-order valence-electron chi connectivity index (χ3n) is 7.89. The minimum absolute atomic E-state index is 0.490. The van der Waals surface area contributed by atoms with E-state index in [0.29, 0.717) is 0 Å². The first-order chi connectivity index (χ1) is 36.8. The van der Waals surface area contributed by atoms with Gasteiger partial charge in [0, 0.05) is 10.8 Å². The average molecular weight is 653 g/mol. The Hall–Kier alpha value is -6.44. The van der Waals surface area contributed by atoms with Gasteiger partial charge in [-0.25, -0.2) is 0 Å². The largest absolute Gasteiger partial charge is 0.456 e. The molecule has 0 unspecified atom stereocenters. The maximum absolute atomic E-state index is 9.60. The van der Waals surface area contributed by atoms with Gasteiger partial charge >= 0.3 is 0 Å². The Balaban J connectivity index is 1.39. The Bertz CT molecular complexity index is 4450. The standard InChI is InChI=1S/C48H30O/c1-2-13-36-33(11-1)12-9-19-37(36)34-27-23-31(24-28-34)32-25-29-35(30-26-32)46-38-14-3-5-16-40(38)47(41-17-6-4-15-39(41)46)43-20-10-22-45-48(43)42-18-7-8-21-44(42)49-45/h1-30H/i1D,2D,3D,4D,5D,6D,7D,8D,9D,10D,11D,12D,13D,14D,15D,16D,17D,18D,19D,20D,21D,22D,23D,24D,25D,26D,27D,28D,29D,30D. The molecule has 0 N–H and O–H groups in total. The van der Waals surface area contributed by atoms with Gasteiger partial charge in [0.05, 0.1) is 41.1 Å². The fourth-order valence-electron chi connectivity index (χ4n) is 5.80. The van der Waals surface area contributed by atoms with Crippen LogP contribution in [0.2, 0.25) is 0 Å². The van der Waals surface area contributed by atoms with E-state index < -0.39 is 280 Å². The Kier molecular flexibility index (Phi) is 2.50. The predicted octanol–water partition coefficient (Wildman–Crippen LogP) is 13.7. The molecule has 0 atom stereocenters. The zero-order valence-electron chi connectivity index (χ0n) is 54.4. The average Bonchev–Trinajstić information content (AvgIpc) is 3.97. The van der Waals surface area contributed by atoms with Gasteiger partial charge in [0.2, 0.25) is 0 Å². The molecule has 0 aliphatic carbocycles. The van der Waals surface area contributed by atoms with Crippen LogP contribution in [0.4, 0.5) is 0 Å². The molecule has 0 aliphatic rings. The SMILES string of the molecule is [2H]c1c([2H])c(-c2c([2H])c([2H])c([2H])c3c([2H])c([2H])c([2H])c([2H])c23)c([2H])c([2H])c1-c1c([2H])c([2H])c(-c2c3c([2H])c([2H])c([2H])c([2H])c3c(-c3c([2H])c([2H])c([2H])c4oc5c([2H])c([2H])c([2H])c([2H])c5c34)c3c([2H])c([2H])c([2H])c([2H])c23)c([2H])c1[2H]. The Labute approximate surface area is 326 Å². The van der Waals surface area contributed by atoms with Crippen LogP contribution in [-0.2, 0) is 0 Å². The van der Waals surface area contributed by atoms with Crippen molar-refractivity contribution in [1.82, 2.24) is 0 Å². The molecule has 49 heavy (non-hydrogen) atoms. The summed E-state index contributed by atoms with van der Waals surface area (Å²) in [7, 11) is 0. The minimum atomic E-state index is -1.15. The van der Waals surface area contributed by atoms with Crippen LogP contribution in [0.5, 0.6) is 0 Å². The van der Waals surface area contributed by atoms with Crippen molar-refractivity contribution in [2.75, 3.05) is 0 Å². The van der Waals surface area contributed by atoms with Crippen LogP contribution in [0.25, 0.3) is 98.8 Å². The lowest BCUT2D eigenvalue weighted by molar-refractivity contribution is 0.669. The summed E-state index contributed by atoms with van der Waals surface area (Å²) in [5.41, 5.74) is -7.59. The highest BCUT2D eigenvalue weighted by Crippen LogP contribution is 2.47. The molecule has 10 aromatic rings. The Morgan fingerprint density at radius 3 is 1.43 bits per heavy atom. The highest BCUT2D eigenvalue weighted by atomic mass is 16.3. The molecule has 1 heteroatoms. The molecule has 10 rings (SSSR count). The van der Waals surface area contributed by atoms with Gasteiger partial charge in [-0.05, 0) is 88.9 Å². The van der Waals surface area contributed by atoms with E-state index >= 15 is 0 Å². The first kappa shape index (κ1) is 11.1. The first-order valence-corrected chi connectivity index (χ1v) is 14.4. The lowest BCUT2D eigenvalue weighted by Crippen LogP contribution is -1.91. The number of fused-ring (bicyclic) bond motifs is 6. The minimum Gasteiger partial charge on any atom is -0.456 e. The molecular formula is C48H30O. The summed E-state index contributed by atoms with van der Waals surface area (Å²) in [4.78, 5) is 0. The highest BCUT2D eigenvalue weighted by molar-refractivity contribution is 6.25. The monoisotopic (exact) mass is 652 g/mol. The van der Waals surface area contributed by atoms with E-state index in [1.807, 2.05) is 0 Å². The molecule has 228 valence electrons. The number of hydrogen-bond acceptors (Lipinski definition) is 1. The number of rotatable bonds is 4. The van der Waals surface area contributed by atoms with Gasteiger partial charge in [-0.3, -0.25) is 0 Å². The smallest absolute Gasteiger partial charge is 0.136 e. The fraction of sp³-hybridized carbons (Fsp3) is 0. The van der Waals surface area contributed by atoms with Gasteiger partial charge in [-0.1, -0.05) is 169 Å². The van der Waals surface area contributed by atoms with Crippen LogP contribution < -0.4 is 0 Å². The molecular weight excluding hydrogens is 593 g/mol. The molecule has 0 amide bonds. The quantitative estimate of drug-likeness (QED) is 0.172. The number of para-hydroxylation sites is 1. The predicted molar refractivity (Wildman–Crippen MR) is 208 cm³/mol. The van der Waals surface area contributed by atoms with E-state index in [0.717, 1.165) is 0 Å². The van der Waals surface area contributed by atoms with Crippen molar-refractivity contribution in [1.29, 1.82) is 0 Å². The number of hydrogen-bond donors (Lipinski definition) is 0. The summed E-state index contributed by atoms with van der Waals surface area (Å²) in [6.07, 6.45) is 0. The second kappa shape index (κ2) is 11.1. The van der Waals surface area contributed by atoms with Gasteiger partial charge in [-0.15, -0.1) is 0 Å². The zero-order chi connectivity index (χ0) is 58.4. The van der Waals surface area contributed by atoms with Gasteiger partial charge in [0.1, 0.15) is 11.2 Å². The van der Waals surface area contributed by atoms with Crippen LogP contribution in [0.3, 0.4) is 0 Å². The van der Waals surface area contributed by atoms with Crippen molar-refractivity contribution >= 4 is 54.3 Å². The van der Waals surface area contributed by atoms with Crippen LogP contribution >= 0.6 is 0 Å². The van der Waals surface area contributed by atoms with Crippen molar-refractivity contribution < 1.29 is 45.5 Å². The summed E-state index contributed by atoms with van der Waals surface area (Å²) in [6.45, 7) is 0. The zero-order valence-corrected chi connectivity index (χ0v) is 24.4. The van der Waals surface area contributed by atoms with E-state index in [2.05, 4.69) is 0 Å². The van der Waals surface area contributed by atoms with Gasteiger partial charge in [0.15, 0.2) is 0 Å². The van der Waals surface area contributed by atoms with E-state index in [1.54, 1.807) is 0 Å². The summed E-state index contributed by atoms with van der Waals surface area (Å²) >= 11 is 0. The van der Waals surface area contributed by atoms with E-state index in [-0.39, 0.29) is 0 Å². The molecule has 0 fully saturated rings. The second-order valence-corrected chi connectivity index (χ2v) is 10.5. The topological polar surface area (TPSA) is 13.1 Å². The lowest BCUT2D eigenvalue weighted by Gasteiger charge is -2.18. The lowest BCUT2D eigenvalue weighted by atomic mass is 9.84. The van der Waals surface area contributed by atoms with Gasteiger partial charge in [-0.2, -0.15) is 0 Å². The molecule has 0 bridgehead atoms. The maximum atomic E-state index is 9.60.